The lowest BCUT2D eigenvalue weighted by atomic mass is 10.1. The first-order valence-electron chi connectivity index (χ1n) is 6.81. The number of nitrogens with zero attached hydrogens (tertiary/aromatic N) is 1. The second-order valence-electron chi connectivity index (χ2n) is 5.17. The number of likely N-dealkylation sites (tertiary alicyclic amines) is 1. The number of aromatic amines is 1. The minimum atomic E-state index is 1.08. The van der Waals surface area contributed by atoms with E-state index in [9.17, 15) is 0 Å². The summed E-state index contributed by atoms with van der Waals surface area (Å²) in [7, 11) is 0. The van der Waals surface area contributed by atoms with Crippen LogP contribution in [0, 0.1) is 0 Å². The van der Waals surface area contributed by atoms with Crippen LogP contribution in [0.4, 0.5) is 0 Å². The van der Waals surface area contributed by atoms with Gasteiger partial charge in [0.15, 0.2) is 0 Å². The molecule has 0 spiro atoms. The predicted octanol–water partition coefficient (Wildman–Crippen LogP) is 4.31. The highest BCUT2D eigenvalue weighted by Crippen LogP contribution is 2.26. The highest BCUT2D eigenvalue weighted by Gasteiger charge is 2.12. The molecule has 1 aliphatic rings. The summed E-state index contributed by atoms with van der Waals surface area (Å²) in [6, 6.07) is 6.42. The number of benzene rings is 1. The largest absolute Gasteiger partial charge is 0.360 e. The van der Waals surface area contributed by atoms with E-state index >= 15 is 0 Å². The molecule has 0 bridgehead atoms. The van der Waals surface area contributed by atoms with Crippen LogP contribution in [0.3, 0.4) is 0 Å². The van der Waals surface area contributed by atoms with Crippen molar-refractivity contribution >= 4 is 26.8 Å². The summed E-state index contributed by atoms with van der Waals surface area (Å²) in [4.78, 5) is 5.98. The van der Waals surface area contributed by atoms with E-state index in [0.717, 1.165) is 11.0 Å². The number of para-hydroxylation sites is 1. The van der Waals surface area contributed by atoms with Crippen LogP contribution >= 0.6 is 15.9 Å². The fourth-order valence-electron chi connectivity index (χ4n) is 2.84. The summed E-state index contributed by atoms with van der Waals surface area (Å²) >= 11 is 3.60. The lowest BCUT2D eigenvalue weighted by Crippen LogP contribution is -2.23. The molecule has 1 saturated heterocycles. The third kappa shape index (κ3) is 2.47. The number of rotatable bonds is 2. The van der Waals surface area contributed by atoms with E-state index in [1.165, 1.54) is 55.2 Å². The standard InChI is InChI=1S/C15H19BrN2/c16-14-7-5-6-13-12(10-17-15(13)14)11-18-8-3-1-2-4-9-18/h5-7,10,17H,1-4,8-9,11H2. The molecule has 1 aliphatic heterocycles. The zero-order chi connectivity index (χ0) is 12.4. The average Bonchev–Trinajstić information content (AvgIpc) is 2.61. The van der Waals surface area contributed by atoms with E-state index in [2.05, 4.69) is 50.2 Å². The number of hydrogen-bond acceptors (Lipinski definition) is 1. The van der Waals surface area contributed by atoms with E-state index in [1.54, 1.807) is 0 Å². The fraction of sp³-hybridized carbons (Fsp3) is 0.467. The summed E-state index contributed by atoms with van der Waals surface area (Å²) in [5.41, 5.74) is 2.65. The van der Waals surface area contributed by atoms with Crippen LogP contribution in [-0.2, 0) is 6.54 Å². The van der Waals surface area contributed by atoms with Crippen molar-refractivity contribution in [3.63, 3.8) is 0 Å². The Bertz CT molecular complexity index is 524. The molecule has 2 aromatic rings. The van der Waals surface area contributed by atoms with Crippen LogP contribution in [0.25, 0.3) is 10.9 Å². The first-order chi connectivity index (χ1) is 8.84. The SMILES string of the molecule is Brc1cccc2c(CN3CCCCCC3)c[nH]c12. The Balaban J connectivity index is 1.83. The summed E-state index contributed by atoms with van der Waals surface area (Å²) in [5.74, 6) is 0. The zero-order valence-electron chi connectivity index (χ0n) is 10.6. The Morgan fingerprint density at radius 3 is 2.67 bits per heavy atom. The molecule has 0 radical (unpaired) electrons. The first kappa shape index (κ1) is 12.2. The molecule has 2 nitrogen and oxygen atoms in total. The van der Waals surface area contributed by atoms with Gasteiger partial charge in [-0.1, -0.05) is 25.0 Å². The number of aromatic nitrogens is 1. The van der Waals surface area contributed by atoms with Gasteiger partial charge in [0.2, 0.25) is 0 Å². The Labute approximate surface area is 116 Å². The van der Waals surface area contributed by atoms with Crippen molar-refractivity contribution in [2.24, 2.45) is 0 Å². The molecule has 0 unspecified atom stereocenters. The monoisotopic (exact) mass is 306 g/mol. The van der Waals surface area contributed by atoms with Gasteiger partial charge >= 0.3 is 0 Å². The topological polar surface area (TPSA) is 19.0 Å². The number of H-pyrrole nitrogens is 1. The Morgan fingerprint density at radius 1 is 1.11 bits per heavy atom. The molecule has 1 aromatic carbocycles. The molecule has 2 heterocycles. The molecule has 18 heavy (non-hydrogen) atoms. The van der Waals surface area contributed by atoms with Gasteiger partial charge in [0.1, 0.15) is 0 Å². The molecule has 0 amide bonds. The van der Waals surface area contributed by atoms with Gasteiger partial charge < -0.3 is 4.98 Å². The molecular formula is C15H19BrN2. The quantitative estimate of drug-likeness (QED) is 0.876. The molecule has 0 saturated carbocycles. The Hall–Kier alpha value is -0.800. The third-order valence-electron chi connectivity index (χ3n) is 3.84. The maximum Gasteiger partial charge on any atom is 0.0601 e. The van der Waals surface area contributed by atoms with Gasteiger partial charge in [-0.25, -0.2) is 0 Å². The number of nitrogens with one attached hydrogen (secondary N) is 1. The molecule has 0 aliphatic carbocycles. The van der Waals surface area contributed by atoms with Gasteiger partial charge in [-0.05, 0) is 53.5 Å². The highest BCUT2D eigenvalue weighted by molar-refractivity contribution is 9.10. The van der Waals surface area contributed by atoms with E-state index < -0.39 is 0 Å². The van der Waals surface area contributed by atoms with Crippen LogP contribution in [-0.4, -0.2) is 23.0 Å². The van der Waals surface area contributed by atoms with Crippen LogP contribution in [0.5, 0.6) is 0 Å². The van der Waals surface area contributed by atoms with Gasteiger partial charge in [-0.2, -0.15) is 0 Å². The van der Waals surface area contributed by atoms with Crippen molar-refractivity contribution in [1.29, 1.82) is 0 Å². The maximum atomic E-state index is 3.60. The van der Waals surface area contributed by atoms with Crippen molar-refractivity contribution in [1.82, 2.24) is 9.88 Å². The fourth-order valence-corrected chi connectivity index (χ4v) is 3.32. The Morgan fingerprint density at radius 2 is 1.89 bits per heavy atom. The number of halogens is 1. The third-order valence-corrected chi connectivity index (χ3v) is 4.50. The molecule has 3 rings (SSSR count). The van der Waals surface area contributed by atoms with Gasteiger partial charge in [-0.15, -0.1) is 0 Å². The van der Waals surface area contributed by atoms with Crippen molar-refractivity contribution in [3.8, 4) is 0 Å². The maximum absolute atomic E-state index is 3.60. The molecule has 0 atom stereocenters. The molecule has 3 heteroatoms. The van der Waals surface area contributed by atoms with Crippen molar-refractivity contribution in [3.05, 3.63) is 34.4 Å². The second kappa shape index (κ2) is 5.45. The van der Waals surface area contributed by atoms with E-state index in [-0.39, 0.29) is 0 Å². The van der Waals surface area contributed by atoms with E-state index in [1.807, 2.05) is 0 Å². The summed E-state index contributed by atoms with van der Waals surface area (Å²) in [6.07, 6.45) is 7.67. The van der Waals surface area contributed by atoms with Gasteiger partial charge in [0.25, 0.3) is 0 Å². The molecule has 1 aromatic heterocycles. The van der Waals surface area contributed by atoms with Crippen LogP contribution in [0.1, 0.15) is 31.2 Å². The Kier molecular flexibility index (Phi) is 3.71. The smallest absolute Gasteiger partial charge is 0.0601 e. The first-order valence-corrected chi connectivity index (χ1v) is 7.61. The summed E-state index contributed by atoms with van der Waals surface area (Å²) < 4.78 is 1.15. The lowest BCUT2D eigenvalue weighted by molar-refractivity contribution is 0.278. The van der Waals surface area contributed by atoms with Crippen molar-refractivity contribution in [2.75, 3.05) is 13.1 Å². The van der Waals surface area contributed by atoms with Gasteiger partial charge in [0.05, 0.1) is 5.52 Å². The molecule has 96 valence electrons. The average molecular weight is 307 g/mol. The predicted molar refractivity (Wildman–Crippen MR) is 79.7 cm³/mol. The van der Waals surface area contributed by atoms with Crippen LogP contribution in [0.2, 0.25) is 0 Å². The second-order valence-corrected chi connectivity index (χ2v) is 6.02. The number of fused-ring (bicyclic) bond motifs is 1. The normalized spacial score (nSPS) is 18.1. The molecule has 1 fully saturated rings. The van der Waals surface area contributed by atoms with E-state index in [4.69, 9.17) is 0 Å². The van der Waals surface area contributed by atoms with Crippen LogP contribution < -0.4 is 0 Å². The summed E-state index contributed by atoms with van der Waals surface area (Å²) in [6.45, 7) is 3.58. The summed E-state index contributed by atoms with van der Waals surface area (Å²) in [5, 5.41) is 1.36. The minimum Gasteiger partial charge on any atom is -0.360 e. The number of hydrogen-bond donors (Lipinski definition) is 1. The van der Waals surface area contributed by atoms with Gasteiger partial charge in [-0.3, -0.25) is 4.90 Å². The van der Waals surface area contributed by atoms with Crippen LogP contribution in [0.15, 0.2) is 28.9 Å². The molecule has 1 N–H and O–H groups in total. The van der Waals surface area contributed by atoms with E-state index in [0.29, 0.717) is 0 Å². The minimum absolute atomic E-state index is 1.08. The lowest BCUT2D eigenvalue weighted by Gasteiger charge is -2.19. The zero-order valence-corrected chi connectivity index (χ0v) is 12.2. The van der Waals surface area contributed by atoms with Gasteiger partial charge in [0, 0.05) is 22.6 Å². The molecular weight excluding hydrogens is 288 g/mol. The van der Waals surface area contributed by atoms with Crippen molar-refractivity contribution in [2.45, 2.75) is 32.2 Å². The van der Waals surface area contributed by atoms with Crippen molar-refractivity contribution < 1.29 is 0 Å². The highest BCUT2D eigenvalue weighted by atomic mass is 79.9.